The molecule has 2 rings (SSSR count). The molecule has 0 unspecified atom stereocenters. The van der Waals surface area contributed by atoms with Crippen LogP contribution in [0.1, 0.15) is 24.1 Å². The summed E-state index contributed by atoms with van der Waals surface area (Å²) in [7, 11) is 3.37. The highest BCUT2D eigenvalue weighted by atomic mass is 16.5. The molecule has 0 spiro atoms. The van der Waals surface area contributed by atoms with Gasteiger partial charge >= 0.3 is 0 Å². The van der Waals surface area contributed by atoms with E-state index in [9.17, 15) is 0 Å². The minimum atomic E-state index is 0.260. The van der Waals surface area contributed by atoms with Crippen LogP contribution in [0.25, 0.3) is 0 Å². The van der Waals surface area contributed by atoms with Crippen LogP contribution in [-0.2, 0) is 6.54 Å². The molecular formula is C17H21NO2. The number of hydrogen-bond acceptors (Lipinski definition) is 3. The standard InChI is InChI=1S/C17H21NO2/c1-13(15-7-5-9-17(11-15)20-3)18-12-14-6-4-8-16(10-14)19-2/h4-11,13,18H,12H2,1-3H3/t13-/m0/s1. The van der Waals surface area contributed by atoms with Gasteiger partial charge in [-0.05, 0) is 42.3 Å². The van der Waals surface area contributed by atoms with E-state index in [1.54, 1.807) is 14.2 Å². The number of nitrogens with one attached hydrogen (secondary N) is 1. The lowest BCUT2D eigenvalue weighted by Crippen LogP contribution is -2.18. The summed E-state index contributed by atoms with van der Waals surface area (Å²) >= 11 is 0. The van der Waals surface area contributed by atoms with Gasteiger partial charge in [0.05, 0.1) is 14.2 Å². The van der Waals surface area contributed by atoms with Crippen LogP contribution in [0.5, 0.6) is 11.5 Å². The monoisotopic (exact) mass is 271 g/mol. The van der Waals surface area contributed by atoms with Crippen LogP contribution in [-0.4, -0.2) is 14.2 Å². The normalized spacial score (nSPS) is 11.9. The molecule has 0 aliphatic rings. The van der Waals surface area contributed by atoms with E-state index in [0.29, 0.717) is 0 Å². The molecule has 0 bridgehead atoms. The van der Waals surface area contributed by atoms with Crippen LogP contribution in [0.15, 0.2) is 48.5 Å². The highest BCUT2D eigenvalue weighted by molar-refractivity contribution is 5.31. The first-order valence-electron chi connectivity index (χ1n) is 6.73. The van der Waals surface area contributed by atoms with Gasteiger partial charge in [-0.3, -0.25) is 0 Å². The Morgan fingerprint density at radius 3 is 2.30 bits per heavy atom. The first-order valence-corrected chi connectivity index (χ1v) is 6.73. The van der Waals surface area contributed by atoms with E-state index in [1.165, 1.54) is 11.1 Å². The second-order valence-electron chi connectivity index (χ2n) is 4.73. The number of rotatable bonds is 6. The first-order chi connectivity index (χ1) is 9.72. The van der Waals surface area contributed by atoms with Crippen LogP contribution in [0, 0.1) is 0 Å². The van der Waals surface area contributed by atoms with Gasteiger partial charge in [-0.25, -0.2) is 0 Å². The molecular weight excluding hydrogens is 250 g/mol. The molecule has 0 radical (unpaired) electrons. The Labute approximate surface area is 120 Å². The Kier molecular flexibility index (Phi) is 5.02. The first kappa shape index (κ1) is 14.4. The molecule has 2 aromatic rings. The maximum atomic E-state index is 5.25. The van der Waals surface area contributed by atoms with Crippen molar-refractivity contribution >= 4 is 0 Å². The Hall–Kier alpha value is -2.00. The second-order valence-corrected chi connectivity index (χ2v) is 4.73. The molecule has 2 aromatic carbocycles. The van der Waals surface area contributed by atoms with Gasteiger partial charge in [-0.1, -0.05) is 24.3 Å². The van der Waals surface area contributed by atoms with Gasteiger partial charge < -0.3 is 14.8 Å². The van der Waals surface area contributed by atoms with Crippen LogP contribution in [0.4, 0.5) is 0 Å². The molecule has 1 N–H and O–H groups in total. The molecule has 0 saturated carbocycles. The minimum absolute atomic E-state index is 0.260. The van der Waals surface area contributed by atoms with E-state index in [4.69, 9.17) is 9.47 Å². The van der Waals surface area contributed by atoms with Gasteiger partial charge in [0.2, 0.25) is 0 Å². The third-order valence-corrected chi connectivity index (χ3v) is 3.34. The third-order valence-electron chi connectivity index (χ3n) is 3.34. The van der Waals surface area contributed by atoms with Gasteiger partial charge in [0, 0.05) is 12.6 Å². The van der Waals surface area contributed by atoms with Crippen LogP contribution in [0.3, 0.4) is 0 Å². The van der Waals surface area contributed by atoms with Crippen molar-refractivity contribution in [3.8, 4) is 11.5 Å². The van der Waals surface area contributed by atoms with Crippen molar-refractivity contribution in [2.45, 2.75) is 19.5 Å². The van der Waals surface area contributed by atoms with E-state index in [0.717, 1.165) is 18.0 Å². The fourth-order valence-electron chi connectivity index (χ4n) is 2.08. The van der Waals surface area contributed by atoms with E-state index in [2.05, 4.69) is 30.4 Å². The summed E-state index contributed by atoms with van der Waals surface area (Å²) in [4.78, 5) is 0. The van der Waals surface area contributed by atoms with E-state index >= 15 is 0 Å². The lowest BCUT2D eigenvalue weighted by molar-refractivity contribution is 0.412. The van der Waals surface area contributed by atoms with Gasteiger partial charge in [-0.2, -0.15) is 0 Å². The molecule has 0 saturated heterocycles. The number of methoxy groups -OCH3 is 2. The summed E-state index contributed by atoms with van der Waals surface area (Å²) in [6.07, 6.45) is 0. The number of benzene rings is 2. The van der Waals surface area contributed by atoms with Gasteiger partial charge in [0.1, 0.15) is 11.5 Å². The fourth-order valence-corrected chi connectivity index (χ4v) is 2.08. The van der Waals surface area contributed by atoms with Crippen molar-refractivity contribution in [3.63, 3.8) is 0 Å². The van der Waals surface area contributed by atoms with Gasteiger partial charge in [-0.15, -0.1) is 0 Å². The van der Waals surface area contributed by atoms with Crippen LogP contribution < -0.4 is 14.8 Å². The van der Waals surface area contributed by atoms with Gasteiger partial charge in [0.25, 0.3) is 0 Å². The summed E-state index contributed by atoms with van der Waals surface area (Å²) in [5.41, 5.74) is 2.42. The Morgan fingerprint density at radius 1 is 0.950 bits per heavy atom. The van der Waals surface area contributed by atoms with E-state index in [-0.39, 0.29) is 6.04 Å². The predicted octanol–water partition coefficient (Wildman–Crippen LogP) is 3.55. The molecule has 0 fully saturated rings. The lowest BCUT2D eigenvalue weighted by atomic mass is 10.1. The maximum Gasteiger partial charge on any atom is 0.119 e. The Bertz CT molecular complexity index is 554. The quantitative estimate of drug-likeness (QED) is 0.871. The highest BCUT2D eigenvalue weighted by Gasteiger charge is 2.06. The van der Waals surface area contributed by atoms with Crippen LogP contribution in [0.2, 0.25) is 0 Å². The zero-order chi connectivity index (χ0) is 14.4. The van der Waals surface area contributed by atoms with Crippen molar-refractivity contribution in [2.75, 3.05) is 14.2 Å². The summed E-state index contributed by atoms with van der Waals surface area (Å²) in [5.74, 6) is 1.77. The maximum absolute atomic E-state index is 5.25. The number of ether oxygens (including phenoxy) is 2. The second kappa shape index (κ2) is 6.96. The smallest absolute Gasteiger partial charge is 0.119 e. The fraction of sp³-hybridized carbons (Fsp3) is 0.294. The zero-order valence-corrected chi connectivity index (χ0v) is 12.2. The molecule has 0 heterocycles. The molecule has 20 heavy (non-hydrogen) atoms. The van der Waals surface area contributed by atoms with E-state index < -0.39 is 0 Å². The molecule has 106 valence electrons. The van der Waals surface area contributed by atoms with Crippen molar-refractivity contribution in [2.24, 2.45) is 0 Å². The van der Waals surface area contributed by atoms with Crippen molar-refractivity contribution in [1.82, 2.24) is 5.32 Å². The Morgan fingerprint density at radius 2 is 1.60 bits per heavy atom. The highest BCUT2D eigenvalue weighted by Crippen LogP contribution is 2.19. The predicted molar refractivity (Wildman–Crippen MR) is 81.2 cm³/mol. The Balaban J connectivity index is 1.98. The third kappa shape index (κ3) is 3.75. The molecule has 3 heteroatoms. The molecule has 1 atom stereocenters. The SMILES string of the molecule is COc1cccc(CN[C@@H](C)c2cccc(OC)c2)c1. The molecule has 0 amide bonds. The minimum Gasteiger partial charge on any atom is -0.497 e. The largest absolute Gasteiger partial charge is 0.497 e. The topological polar surface area (TPSA) is 30.5 Å². The van der Waals surface area contributed by atoms with Crippen molar-refractivity contribution in [3.05, 3.63) is 59.7 Å². The molecule has 0 aliphatic heterocycles. The summed E-state index contributed by atoms with van der Waals surface area (Å²) in [6, 6.07) is 16.5. The molecule has 3 nitrogen and oxygen atoms in total. The van der Waals surface area contributed by atoms with Crippen molar-refractivity contribution < 1.29 is 9.47 Å². The molecule has 0 aliphatic carbocycles. The lowest BCUT2D eigenvalue weighted by Gasteiger charge is -2.15. The van der Waals surface area contributed by atoms with Crippen molar-refractivity contribution in [1.29, 1.82) is 0 Å². The number of hydrogen-bond donors (Lipinski definition) is 1. The van der Waals surface area contributed by atoms with E-state index in [1.807, 2.05) is 30.3 Å². The average Bonchev–Trinajstić information content (AvgIpc) is 2.52. The summed E-state index contributed by atoms with van der Waals surface area (Å²) in [5, 5.41) is 3.51. The zero-order valence-electron chi connectivity index (χ0n) is 12.2. The average molecular weight is 271 g/mol. The summed E-state index contributed by atoms with van der Waals surface area (Å²) in [6.45, 7) is 2.95. The molecule has 0 aromatic heterocycles. The van der Waals surface area contributed by atoms with Gasteiger partial charge in [0.15, 0.2) is 0 Å². The summed E-state index contributed by atoms with van der Waals surface area (Å²) < 4.78 is 10.5. The van der Waals surface area contributed by atoms with Crippen LogP contribution >= 0.6 is 0 Å².